The summed E-state index contributed by atoms with van der Waals surface area (Å²) in [5.74, 6) is -0.203. The molecule has 3 aromatic carbocycles. The second kappa shape index (κ2) is 11.6. The van der Waals surface area contributed by atoms with Crippen LogP contribution in [0.5, 0.6) is 0 Å². The lowest BCUT2D eigenvalue weighted by Gasteiger charge is -2.25. The molecule has 7 nitrogen and oxygen atoms in total. The van der Waals surface area contributed by atoms with Crippen LogP contribution >= 0.6 is 11.3 Å². The second-order valence-corrected chi connectivity index (χ2v) is 12.1. The minimum atomic E-state index is -3.77. The highest BCUT2D eigenvalue weighted by Crippen LogP contribution is 2.33. The van der Waals surface area contributed by atoms with Gasteiger partial charge in [-0.2, -0.15) is 0 Å². The topological polar surface area (TPSA) is 73.8 Å². The number of nitrogens with zero attached hydrogens (tertiary/aromatic N) is 4. The third kappa shape index (κ3) is 5.60. The lowest BCUT2D eigenvalue weighted by atomic mass is 10.1. The molecule has 0 aliphatic heterocycles. The summed E-state index contributed by atoms with van der Waals surface area (Å²) < 4.78 is 28.7. The van der Waals surface area contributed by atoms with Crippen molar-refractivity contribution in [2.45, 2.75) is 32.6 Å². The van der Waals surface area contributed by atoms with Crippen LogP contribution in [0.4, 0.5) is 10.8 Å². The number of carbonyl (C=O) groups is 1. The first-order valence-electron chi connectivity index (χ1n) is 12.7. The molecule has 1 amide bonds. The van der Waals surface area contributed by atoms with Crippen molar-refractivity contribution < 1.29 is 13.2 Å². The van der Waals surface area contributed by atoms with Crippen LogP contribution in [0.15, 0.2) is 71.6 Å². The molecule has 4 rings (SSSR count). The van der Waals surface area contributed by atoms with Gasteiger partial charge >= 0.3 is 0 Å². The summed E-state index contributed by atoms with van der Waals surface area (Å²) in [4.78, 5) is 22.8. The van der Waals surface area contributed by atoms with Crippen LogP contribution in [0.2, 0.25) is 0 Å². The zero-order chi connectivity index (χ0) is 27.4. The predicted octanol–water partition coefficient (Wildman–Crippen LogP) is 5.73. The van der Waals surface area contributed by atoms with E-state index >= 15 is 0 Å². The number of amides is 1. The summed E-state index contributed by atoms with van der Waals surface area (Å²) in [6.07, 6.45) is 0. The molecule has 4 aromatic rings. The number of thiazole rings is 1. The van der Waals surface area contributed by atoms with E-state index in [1.165, 1.54) is 34.8 Å². The fourth-order valence-electron chi connectivity index (χ4n) is 4.26. The van der Waals surface area contributed by atoms with E-state index in [1.54, 1.807) is 41.3 Å². The highest BCUT2D eigenvalue weighted by molar-refractivity contribution is 7.92. The molecule has 0 N–H and O–H groups in total. The van der Waals surface area contributed by atoms with E-state index in [0.29, 0.717) is 29.5 Å². The van der Waals surface area contributed by atoms with Crippen molar-refractivity contribution in [2.75, 3.05) is 42.4 Å². The number of benzene rings is 3. The first-order chi connectivity index (χ1) is 18.2. The second-order valence-electron chi connectivity index (χ2n) is 9.17. The van der Waals surface area contributed by atoms with E-state index in [4.69, 9.17) is 4.98 Å². The predicted molar refractivity (Wildman–Crippen MR) is 157 cm³/mol. The van der Waals surface area contributed by atoms with Crippen LogP contribution in [-0.2, 0) is 10.0 Å². The molecule has 0 atom stereocenters. The Kier molecular flexibility index (Phi) is 8.50. The number of hydrogen-bond acceptors (Lipinski definition) is 6. The zero-order valence-corrected chi connectivity index (χ0v) is 24.1. The van der Waals surface area contributed by atoms with Crippen LogP contribution in [-0.4, -0.2) is 57.4 Å². The fraction of sp³-hybridized carbons (Fsp3) is 0.310. The molecule has 9 heteroatoms. The van der Waals surface area contributed by atoms with Crippen LogP contribution in [0.25, 0.3) is 10.2 Å². The lowest BCUT2D eigenvalue weighted by Crippen LogP contribution is -2.38. The third-order valence-corrected chi connectivity index (χ3v) is 9.81. The number of aryl methyl sites for hydroxylation is 2. The number of rotatable bonds is 10. The van der Waals surface area contributed by atoms with Crippen molar-refractivity contribution in [3.63, 3.8) is 0 Å². The van der Waals surface area contributed by atoms with Gasteiger partial charge < -0.3 is 4.90 Å². The van der Waals surface area contributed by atoms with Crippen molar-refractivity contribution in [1.29, 1.82) is 0 Å². The Morgan fingerprint density at radius 1 is 0.895 bits per heavy atom. The number of anilines is 2. The van der Waals surface area contributed by atoms with Gasteiger partial charge in [0.1, 0.15) is 0 Å². The Balaban J connectivity index is 1.65. The average molecular weight is 551 g/mol. The molecular formula is C29H34N4O3S2. The summed E-state index contributed by atoms with van der Waals surface area (Å²) in [6.45, 7) is 11.3. The SMILES string of the molecule is CCN(CC)CCN(C(=O)c1ccc(S(=O)(=O)N(C)c2ccccc2)cc1)c1nc2c(C)c(C)ccc2s1. The van der Waals surface area contributed by atoms with Gasteiger partial charge in [-0.05, 0) is 80.5 Å². The van der Waals surface area contributed by atoms with Gasteiger partial charge in [0.25, 0.3) is 15.9 Å². The largest absolute Gasteiger partial charge is 0.302 e. The smallest absolute Gasteiger partial charge is 0.264 e. The Bertz CT molecular complexity index is 1510. The highest BCUT2D eigenvalue weighted by Gasteiger charge is 2.25. The average Bonchev–Trinajstić information content (AvgIpc) is 3.38. The number of fused-ring (bicyclic) bond motifs is 1. The molecule has 0 radical (unpaired) electrons. The summed E-state index contributed by atoms with van der Waals surface area (Å²) >= 11 is 1.50. The standard InChI is InChI=1S/C29H34N4O3S2/c1-6-32(7-2)19-20-33(29-30-27-22(4)21(3)13-18-26(27)37-29)28(34)23-14-16-25(17-15-23)38(35,36)31(5)24-11-9-8-10-12-24/h8-18H,6-7,19-20H2,1-5H3. The fourth-order valence-corrected chi connectivity index (χ4v) is 6.50. The summed E-state index contributed by atoms with van der Waals surface area (Å²) in [6, 6.07) is 19.2. The molecule has 0 aliphatic rings. The van der Waals surface area contributed by atoms with E-state index < -0.39 is 10.0 Å². The number of likely N-dealkylation sites (N-methyl/N-ethyl adjacent to an activating group) is 1. The molecule has 0 spiro atoms. The number of para-hydroxylation sites is 1. The Morgan fingerprint density at radius 3 is 2.18 bits per heavy atom. The molecule has 1 aromatic heterocycles. The number of carbonyl (C=O) groups excluding carboxylic acids is 1. The van der Waals surface area contributed by atoms with E-state index in [-0.39, 0.29) is 10.8 Å². The zero-order valence-electron chi connectivity index (χ0n) is 22.5. The van der Waals surface area contributed by atoms with Crippen LogP contribution in [0, 0.1) is 13.8 Å². The van der Waals surface area contributed by atoms with Gasteiger partial charge in [-0.1, -0.05) is 49.4 Å². The normalized spacial score (nSPS) is 11.7. The lowest BCUT2D eigenvalue weighted by molar-refractivity contribution is 0.0983. The molecule has 200 valence electrons. The van der Waals surface area contributed by atoms with Crippen LogP contribution in [0.1, 0.15) is 35.3 Å². The van der Waals surface area contributed by atoms with Gasteiger partial charge in [-0.15, -0.1) is 0 Å². The van der Waals surface area contributed by atoms with Crippen molar-refractivity contribution in [3.8, 4) is 0 Å². The Hall–Kier alpha value is -3.27. The maximum Gasteiger partial charge on any atom is 0.264 e. The molecule has 0 fully saturated rings. The van der Waals surface area contributed by atoms with E-state index in [0.717, 1.165) is 34.4 Å². The van der Waals surface area contributed by atoms with Crippen molar-refractivity contribution in [1.82, 2.24) is 9.88 Å². The van der Waals surface area contributed by atoms with Crippen LogP contribution in [0.3, 0.4) is 0 Å². The van der Waals surface area contributed by atoms with Gasteiger partial charge in [-0.3, -0.25) is 14.0 Å². The van der Waals surface area contributed by atoms with Gasteiger partial charge in [0.05, 0.1) is 20.8 Å². The van der Waals surface area contributed by atoms with Crippen LogP contribution < -0.4 is 9.21 Å². The maximum atomic E-state index is 13.8. The van der Waals surface area contributed by atoms with E-state index in [9.17, 15) is 13.2 Å². The monoisotopic (exact) mass is 550 g/mol. The molecule has 0 saturated carbocycles. The minimum absolute atomic E-state index is 0.126. The van der Waals surface area contributed by atoms with Gasteiger partial charge in [-0.25, -0.2) is 13.4 Å². The Labute approximate surface area is 229 Å². The van der Waals surface area contributed by atoms with Gasteiger partial charge in [0.15, 0.2) is 5.13 Å². The molecule has 0 saturated heterocycles. The van der Waals surface area contributed by atoms with E-state index in [2.05, 4.69) is 44.7 Å². The van der Waals surface area contributed by atoms with Crippen molar-refractivity contribution in [2.24, 2.45) is 0 Å². The van der Waals surface area contributed by atoms with E-state index in [1.807, 2.05) is 6.07 Å². The minimum Gasteiger partial charge on any atom is -0.302 e. The van der Waals surface area contributed by atoms with Gasteiger partial charge in [0, 0.05) is 25.7 Å². The highest BCUT2D eigenvalue weighted by atomic mass is 32.2. The number of aromatic nitrogens is 1. The summed E-state index contributed by atoms with van der Waals surface area (Å²) in [5.41, 5.74) is 4.16. The maximum absolute atomic E-state index is 13.8. The quantitative estimate of drug-likeness (QED) is 0.252. The summed E-state index contributed by atoms with van der Waals surface area (Å²) in [7, 11) is -2.25. The first-order valence-corrected chi connectivity index (χ1v) is 15.0. The molecule has 0 unspecified atom stereocenters. The summed E-state index contributed by atoms with van der Waals surface area (Å²) in [5, 5.41) is 0.645. The van der Waals surface area contributed by atoms with Crippen molar-refractivity contribution >= 4 is 48.3 Å². The number of sulfonamides is 1. The van der Waals surface area contributed by atoms with Crippen molar-refractivity contribution in [3.05, 3.63) is 83.4 Å². The molecule has 0 bridgehead atoms. The first kappa shape index (κ1) is 27.8. The number of hydrogen-bond donors (Lipinski definition) is 0. The molecule has 38 heavy (non-hydrogen) atoms. The molecule has 0 aliphatic carbocycles. The van der Waals surface area contributed by atoms with Gasteiger partial charge in [0.2, 0.25) is 0 Å². The molecular weight excluding hydrogens is 516 g/mol. The third-order valence-electron chi connectivity index (χ3n) is 6.96. The molecule has 1 heterocycles. The Morgan fingerprint density at radius 2 is 1.55 bits per heavy atom.